The Balaban J connectivity index is 2.32. The third kappa shape index (κ3) is 3.15. The van der Waals surface area contributed by atoms with Crippen LogP contribution in [0.1, 0.15) is 33.0 Å². The number of nitrogens with one attached hydrogen (secondary N) is 1. The number of furan rings is 1. The highest BCUT2D eigenvalue weighted by molar-refractivity contribution is 6.06. The Morgan fingerprint density at radius 3 is 2.57 bits per heavy atom. The van der Waals surface area contributed by atoms with Gasteiger partial charge >= 0.3 is 0 Å². The van der Waals surface area contributed by atoms with Crippen molar-refractivity contribution in [2.24, 2.45) is 5.73 Å². The molecule has 0 saturated carbocycles. The highest BCUT2D eigenvalue weighted by Gasteiger charge is 2.19. The molecule has 0 bridgehead atoms. The van der Waals surface area contributed by atoms with E-state index >= 15 is 0 Å². The van der Waals surface area contributed by atoms with Crippen molar-refractivity contribution in [2.75, 3.05) is 11.9 Å². The van der Waals surface area contributed by atoms with Gasteiger partial charge in [0.05, 0.1) is 17.8 Å². The molecule has 1 amide bonds. The lowest BCUT2D eigenvalue weighted by molar-refractivity contribution is 0.102. The van der Waals surface area contributed by atoms with Gasteiger partial charge in [-0.15, -0.1) is 0 Å². The van der Waals surface area contributed by atoms with Crippen LogP contribution in [0.15, 0.2) is 28.7 Å². The van der Waals surface area contributed by atoms with Crippen molar-refractivity contribution in [3.63, 3.8) is 0 Å². The number of hydrogen-bond acceptors (Lipinski definition) is 3. The number of amides is 1. The van der Waals surface area contributed by atoms with Gasteiger partial charge in [-0.05, 0) is 32.9 Å². The zero-order chi connectivity index (χ0) is 15.4. The van der Waals surface area contributed by atoms with Gasteiger partial charge in [-0.3, -0.25) is 4.79 Å². The number of carbonyl (C=O) groups excluding carboxylic acids is 1. The molecule has 2 aromatic rings. The van der Waals surface area contributed by atoms with Crippen LogP contribution in [0.2, 0.25) is 0 Å². The average molecular weight is 282 g/mol. The van der Waals surface area contributed by atoms with Crippen molar-refractivity contribution in [3.8, 4) is 11.8 Å². The Kier molecular flexibility index (Phi) is 4.46. The van der Waals surface area contributed by atoms with Gasteiger partial charge in [0.15, 0.2) is 0 Å². The molecule has 21 heavy (non-hydrogen) atoms. The monoisotopic (exact) mass is 282 g/mol. The molecular weight excluding hydrogens is 264 g/mol. The number of hydrogen-bond donors (Lipinski definition) is 2. The Hall–Kier alpha value is -2.51. The quantitative estimate of drug-likeness (QED) is 0.832. The lowest BCUT2D eigenvalue weighted by Gasteiger charge is -2.07. The van der Waals surface area contributed by atoms with Gasteiger partial charge in [-0.2, -0.15) is 0 Å². The van der Waals surface area contributed by atoms with Crippen molar-refractivity contribution in [3.05, 3.63) is 52.5 Å². The molecule has 1 aromatic heterocycles. The Labute approximate surface area is 124 Å². The van der Waals surface area contributed by atoms with Gasteiger partial charge < -0.3 is 15.5 Å². The highest BCUT2D eigenvalue weighted by atomic mass is 16.3. The van der Waals surface area contributed by atoms with Crippen LogP contribution in [0.3, 0.4) is 0 Å². The minimum absolute atomic E-state index is 0.191. The van der Waals surface area contributed by atoms with Gasteiger partial charge in [0.25, 0.3) is 5.91 Å². The SMILES string of the molecule is Cc1oc(C)c(C(=O)Nc2ccccc2C#CCN)c1C. The average Bonchev–Trinajstić information content (AvgIpc) is 2.71. The van der Waals surface area contributed by atoms with E-state index in [0.29, 0.717) is 17.0 Å². The summed E-state index contributed by atoms with van der Waals surface area (Å²) in [5.74, 6) is 6.93. The summed E-state index contributed by atoms with van der Waals surface area (Å²) in [4.78, 5) is 12.5. The minimum atomic E-state index is -0.191. The fraction of sp³-hybridized carbons (Fsp3) is 0.235. The lowest BCUT2D eigenvalue weighted by atomic mass is 10.1. The van der Waals surface area contributed by atoms with E-state index in [4.69, 9.17) is 10.2 Å². The molecule has 0 atom stereocenters. The van der Waals surface area contributed by atoms with Crippen LogP contribution in [0.5, 0.6) is 0 Å². The van der Waals surface area contributed by atoms with Crippen molar-refractivity contribution in [1.82, 2.24) is 0 Å². The van der Waals surface area contributed by atoms with Gasteiger partial charge in [-0.1, -0.05) is 24.0 Å². The van der Waals surface area contributed by atoms with Gasteiger partial charge in [0.1, 0.15) is 11.5 Å². The summed E-state index contributed by atoms with van der Waals surface area (Å²) in [5, 5.41) is 2.89. The molecular formula is C17H18N2O2. The molecule has 4 heteroatoms. The van der Waals surface area contributed by atoms with E-state index in [-0.39, 0.29) is 12.5 Å². The molecule has 0 aliphatic carbocycles. The Morgan fingerprint density at radius 2 is 1.95 bits per heavy atom. The number of benzene rings is 1. The minimum Gasteiger partial charge on any atom is -0.466 e. The maximum atomic E-state index is 12.5. The smallest absolute Gasteiger partial charge is 0.259 e. The molecule has 0 aliphatic rings. The number of para-hydroxylation sites is 1. The predicted molar refractivity (Wildman–Crippen MR) is 83.2 cm³/mol. The molecule has 0 aliphatic heterocycles. The molecule has 1 aromatic carbocycles. The molecule has 0 unspecified atom stereocenters. The summed E-state index contributed by atoms with van der Waals surface area (Å²) >= 11 is 0. The van der Waals surface area contributed by atoms with E-state index in [1.54, 1.807) is 6.92 Å². The van der Waals surface area contributed by atoms with Crippen LogP contribution in [-0.2, 0) is 0 Å². The second-order valence-corrected chi connectivity index (χ2v) is 4.72. The van der Waals surface area contributed by atoms with E-state index in [1.165, 1.54) is 0 Å². The predicted octanol–water partition coefficient (Wildman–Crippen LogP) is 2.77. The van der Waals surface area contributed by atoms with E-state index < -0.39 is 0 Å². The lowest BCUT2D eigenvalue weighted by Crippen LogP contribution is -2.14. The second kappa shape index (κ2) is 6.29. The van der Waals surface area contributed by atoms with E-state index in [2.05, 4.69) is 17.2 Å². The van der Waals surface area contributed by atoms with E-state index in [9.17, 15) is 4.79 Å². The zero-order valence-electron chi connectivity index (χ0n) is 12.4. The largest absolute Gasteiger partial charge is 0.466 e. The molecule has 0 radical (unpaired) electrons. The van der Waals surface area contributed by atoms with E-state index in [1.807, 2.05) is 38.1 Å². The Bertz CT molecular complexity index is 733. The summed E-state index contributed by atoms with van der Waals surface area (Å²) in [6.45, 7) is 5.79. The first-order chi connectivity index (χ1) is 10.0. The highest BCUT2D eigenvalue weighted by Crippen LogP contribution is 2.23. The normalized spacial score (nSPS) is 9.90. The zero-order valence-corrected chi connectivity index (χ0v) is 12.4. The van der Waals surface area contributed by atoms with Crippen molar-refractivity contribution in [2.45, 2.75) is 20.8 Å². The third-order valence-electron chi connectivity index (χ3n) is 3.29. The van der Waals surface area contributed by atoms with Gasteiger partial charge in [-0.25, -0.2) is 0 Å². The standard InChI is InChI=1S/C17H18N2O2/c1-11-12(2)21-13(3)16(11)17(20)19-15-9-5-4-7-14(15)8-6-10-18/h4-5,7,9H,10,18H2,1-3H3,(H,19,20). The van der Waals surface area contributed by atoms with Crippen molar-refractivity contribution in [1.29, 1.82) is 0 Å². The molecule has 0 saturated heterocycles. The summed E-state index contributed by atoms with van der Waals surface area (Å²) in [6.07, 6.45) is 0. The number of rotatable bonds is 2. The molecule has 2 rings (SSSR count). The maximum absolute atomic E-state index is 12.5. The summed E-state index contributed by atoms with van der Waals surface area (Å²) < 4.78 is 5.49. The first-order valence-corrected chi connectivity index (χ1v) is 6.70. The fourth-order valence-corrected chi connectivity index (χ4v) is 2.16. The maximum Gasteiger partial charge on any atom is 0.259 e. The van der Waals surface area contributed by atoms with Crippen LogP contribution in [0.25, 0.3) is 0 Å². The van der Waals surface area contributed by atoms with Crippen LogP contribution in [0.4, 0.5) is 5.69 Å². The molecule has 108 valence electrons. The molecule has 4 nitrogen and oxygen atoms in total. The topological polar surface area (TPSA) is 68.3 Å². The van der Waals surface area contributed by atoms with Crippen LogP contribution in [0, 0.1) is 32.6 Å². The summed E-state index contributed by atoms with van der Waals surface area (Å²) in [7, 11) is 0. The number of aryl methyl sites for hydroxylation is 2. The first kappa shape index (κ1) is 14.9. The molecule has 0 fully saturated rings. The molecule has 1 heterocycles. The second-order valence-electron chi connectivity index (χ2n) is 4.72. The Morgan fingerprint density at radius 1 is 1.24 bits per heavy atom. The van der Waals surface area contributed by atoms with E-state index in [0.717, 1.165) is 16.9 Å². The number of anilines is 1. The van der Waals surface area contributed by atoms with Crippen molar-refractivity contribution < 1.29 is 9.21 Å². The van der Waals surface area contributed by atoms with Crippen LogP contribution in [-0.4, -0.2) is 12.5 Å². The molecule has 0 spiro atoms. The fourth-order valence-electron chi connectivity index (χ4n) is 2.16. The summed E-state index contributed by atoms with van der Waals surface area (Å²) in [5.41, 5.74) is 8.23. The number of nitrogens with two attached hydrogens (primary N) is 1. The number of carbonyl (C=O) groups is 1. The first-order valence-electron chi connectivity index (χ1n) is 6.70. The van der Waals surface area contributed by atoms with Crippen LogP contribution < -0.4 is 11.1 Å². The third-order valence-corrected chi connectivity index (χ3v) is 3.29. The summed E-state index contributed by atoms with van der Waals surface area (Å²) in [6, 6.07) is 7.38. The van der Waals surface area contributed by atoms with Gasteiger partial charge in [0.2, 0.25) is 0 Å². The van der Waals surface area contributed by atoms with Crippen molar-refractivity contribution >= 4 is 11.6 Å². The van der Waals surface area contributed by atoms with Crippen LogP contribution >= 0.6 is 0 Å². The van der Waals surface area contributed by atoms with Gasteiger partial charge in [0, 0.05) is 11.1 Å². The molecule has 3 N–H and O–H groups in total.